The molecular formula is C14H19NO2. The van der Waals surface area contributed by atoms with Gasteiger partial charge in [-0.3, -0.25) is 5.32 Å². The molecule has 1 N–H and O–H groups in total. The van der Waals surface area contributed by atoms with Gasteiger partial charge in [0.15, 0.2) is 0 Å². The summed E-state index contributed by atoms with van der Waals surface area (Å²) in [5, 5.41) is 3.19. The molecule has 3 heteroatoms. The van der Waals surface area contributed by atoms with Crippen LogP contribution in [0.1, 0.15) is 37.4 Å². The Morgan fingerprint density at radius 3 is 2.53 bits per heavy atom. The van der Waals surface area contributed by atoms with Crippen LogP contribution >= 0.6 is 0 Å². The van der Waals surface area contributed by atoms with Crippen LogP contribution in [0.15, 0.2) is 24.3 Å². The fourth-order valence-corrected chi connectivity index (χ4v) is 2.58. The normalized spacial score (nSPS) is 25.3. The molecule has 1 atom stereocenters. The van der Waals surface area contributed by atoms with Crippen molar-refractivity contribution in [3.05, 3.63) is 29.8 Å². The zero-order chi connectivity index (χ0) is 11.5. The second kappa shape index (κ2) is 5.07. The van der Waals surface area contributed by atoms with Crippen molar-refractivity contribution in [1.29, 1.82) is 0 Å². The van der Waals surface area contributed by atoms with E-state index in [2.05, 4.69) is 29.6 Å². The smallest absolute Gasteiger partial charge is 0.119 e. The number of rotatable bonds is 3. The number of nitrogens with one attached hydrogen (secondary N) is 1. The molecule has 1 aliphatic heterocycles. The Balaban J connectivity index is 1.62. The van der Waals surface area contributed by atoms with Crippen LogP contribution in [0.3, 0.4) is 0 Å². The SMILES string of the molecule is c1cc(C2CNCO2)ccc1OC1CCCC1. The molecule has 3 rings (SSSR count). The Hall–Kier alpha value is -1.06. The standard InChI is InChI=1S/C14H19NO2/c1-2-4-12(3-1)17-13-7-5-11(6-8-13)14-9-15-10-16-14/h5-8,12,14-15H,1-4,9-10H2. The summed E-state index contributed by atoms with van der Waals surface area (Å²) >= 11 is 0. The van der Waals surface area contributed by atoms with Gasteiger partial charge < -0.3 is 9.47 Å². The van der Waals surface area contributed by atoms with Crippen molar-refractivity contribution in [2.45, 2.75) is 37.9 Å². The van der Waals surface area contributed by atoms with E-state index in [0.29, 0.717) is 12.8 Å². The van der Waals surface area contributed by atoms with E-state index in [1.54, 1.807) is 0 Å². The highest BCUT2D eigenvalue weighted by molar-refractivity contribution is 5.29. The first-order valence-electron chi connectivity index (χ1n) is 6.51. The summed E-state index contributed by atoms with van der Waals surface area (Å²) in [5.74, 6) is 0.992. The van der Waals surface area contributed by atoms with E-state index in [-0.39, 0.29) is 6.10 Å². The molecule has 92 valence electrons. The fraction of sp³-hybridized carbons (Fsp3) is 0.571. The lowest BCUT2D eigenvalue weighted by molar-refractivity contribution is 0.114. The predicted octanol–water partition coefficient (Wildman–Crippen LogP) is 2.63. The highest BCUT2D eigenvalue weighted by atomic mass is 16.5. The summed E-state index contributed by atoms with van der Waals surface area (Å²) in [4.78, 5) is 0. The minimum absolute atomic E-state index is 0.204. The minimum Gasteiger partial charge on any atom is -0.490 e. The summed E-state index contributed by atoms with van der Waals surface area (Å²) in [6, 6.07) is 8.36. The average Bonchev–Trinajstić information content (AvgIpc) is 3.01. The van der Waals surface area contributed by atoms with Gasteiger partial charge in [-0.25, -0.2) is 0 Å². The minimum atomic E-state index is 0.204. The molecule has 17 heavy (non-hydrogen) atoms. The van der Waals surface area contributed by atoms with Gasteiger partial charge in [-0.05, 0) is 43.4 Å². The van der Waals surface area contributed by atoms with E-state index in [9.17, 15) is 0 Å². The molecule has 1 saturated heterocycles. The van der Waals surface area contributed by atoms with Crippen LogP contribution in [0.4, 0.5) is 0 Å². The van der Waals surface area contributed by atoms with Crippen molar-refractivity contribution in [2.75, 3.05) is 13.3 Å². The van der Waals surface area contributed by atoms with Crippen LogP contribution in [0, 0.1) is 0 Å². The van der Waals surface area contributed by atoms with Crippen LogP contribution in [0.2, 0.25) is 0 Å². The second-order valence-electron chi connectivity index (χ2n) is 4.85. The predicted molar refractivity (Wildman–Crippen MR) is 66.0 cm³/mol. The zero-order valence-electron chi connectivity index (χ0n) is 10.0. The Morgan fingerprint density at radius 2 is 1.88 bits per heavy atom. The van der Waals surface area contributed by atoms with Crippen molar-refractivity contribution in [3.63, 3.8) is 0 Å². The summed E-state index contributed by atoms with van der Waals surface area (Å²) in [6.45, 7) is 1.56. The Kier molecular flexibility index (Phi) is 3.29. The molecule has 2 fully saturated rings. The van der Waals surface area contributed by atoms with Crippen molar-refractivity contribution >= 4 is 0 Å². The van der Waals surface area contributed by atoms with Gasteiger partial charge in [-0.2, -0.15) is 0 Å². The highest BCUT2D eigenvalue weighted by Crippen LogP contribution is 2.26. The highest BCUT2D eigenvalue weighted by Gasteiger charge is 2.18. The monoisotopic (exact) mass is 233 g/mol. The van der Waals surface area contributed by atoms with Crippen LogP contribution in [-0.4, -0.2) is 19.4 Å². The van der Waals surface area contributed by atoms with Gasteiger partial charge in [0.2, 0.25) is 0 Å². The molecular weight excluding hydrogens is 214 g/mol. The molecule has 1 heterocycles. The maximum atomic E-state index is 5.94. The number of ether oxygens (including phenoxy) is 2. The number of benzene rings is 1. The summed E-state index contributed by atoms with van der Waals surface area (Å²) in [6.07, 6.45) is 5.67. The first-order chi connectivity index (χ1) is 8.42. The lowest BCUT2D eigenvalue weighted by atomic mass is 10.1. The first-order valence-corrected chi connectivity index (χ1v) is 6.51. The second-order valence-corrected chi connectivity index (χ2v) is 4.85. The molecule has 1 aliphatic carbocycles. The molecule has 0 amide bonds. The van der Waals surface area contributed by atoms with Crippen molar-refractivity contribution in [2.24, 2.45) is 0 Å². The molecule has 0 radical (unpaired) electrons. The third kappa shape index (κ3) is 2.61. The Morgan fingerprint density at radius 1 is 1.12 bits per heavy atom. The molecule has 0 spiro atoms. The fourth-order valence-electron chi connectivity index (χ4n) is 2.58. The van der Waals surface area contributed by atoms with Crippen molar-refractivity contribution in [1.82, 2.24) is 5.32 Å². The Bertz CT molecular complexity index is 351. The van der Waals surface area contributed by atoms with Crippen molar-refractivity contribution < 1.29 is 9.47 Å². The van der Waals surface area contributed by atoms with Crippen LogP contribution < -0.4 is 10.1 Å². The van der Waals surface area contributed by atoms with Gasteiger partial charge in [-0.15, -0.1) is 0 Å². The van der Waals surface area contributed by atoms with Gasteiger partial charge in [0, 0.05) is 6.54 Å². The lowest BCUT2D eigenvalue weighted by Gasteiger charge is -2.14. The van der Waals surface area contributed by atoms with E-state index in [0.717, 1.165) is 12.3 Å². The quantitative estimate of drug-likeness (QED) is 0.870. The maximum Gasteiger partial charge on any atom is 0.119 e. The molecule has 2 aliphatic rings. The molecule has 0 aromatic heterocycles. The number of hydrogen-bond donors (Lipinski definition) is 1. The number of hydrogen-bond acceptors (Lipinski definition) is 3. The molecule has 1 aromatic carbocycles. The average molecular weight is 233 g/mol. The first kappa shape index (κ1) is 11.1. The van der Waals surface area contributed by atoms with E-state index in [4.69, 9.17) is 9.47 Å². The van der Waals surface area contributed by atoms with Crippen LogP contribution in [-0.2, 0) is 4.74 Å². The van der Waals surface area contributed by atoms with Gasteiger partial charge in [0.05, 0.1) is 18.9 Å². The summed E-state index contributed by atoms with van der Waals surface area (Å²) in [7, 11) is 0. The lowest BCUT2D eigenvalue weighted by Crippen LogP contribution is -2.11. The molecule has 0 bridgehead atoms. The summed E-state index contributed by atoms with van der Waals surface area (Å²) in [5.41, 5.74) is 1.23. The van der Waals surface area contributed by atoms with E-state index < -0.39 is 0 Å². The van der Waals surface area contributed by atoms with Crippen molar-refractivity contribution in [3.8, 4) is 5.75 Å². The topological polar surface area (TPSA) is 30.5 Å². The van der Waals surface area contributed by atoms with Gasteiger partial charge in [-0.1, -0.05) is 12.1 Å². The zero-order valence-corrected chi connectivity index (χ0v) is 10.0. The maximum absolute atomic E-state index is 5.94. The van der Waals surface area contributed by atoms with Crippen LogP contribution in [0.25, 0.3) is 0 Å². The molecule has 1 unspecified atom stereocenters. The molecule has 1 saturated carbocycles. The van der Waals surface area contributed by atoms with Gasteiger partial charge in [0.25, 0.3) is 0 Å². The Labute approximate surface area is 102 Å². The third-order valence-electron chi connectivity index (χ3n) is 3.57. The van der Waals surface area contributed by atoms with E-state index in [1.165, 1.54) is 31.2 Å². The van der Waals surface area contributed by atoms with E-state index in [1.807, 2.05) is 0 Å². The third-order valence-corrected chi connectivity index (χ3v) is 3.57. The van der Waals surface area contributed by atoms with Crippen LogP contribution in [0.5, 0.6) is 5.75 Å². The molecule has 3 nitrogen and oxygen atoms in total. The van der Waals surface area contributed by atoms with Gasteiger partial charge >= 0.3 is 0 Å². The molecule has 1 aromatic rings. The van der Waals surface area contributed by atoms with E-state index >= 15 is 0 Å². The largest absolute Gasteiger partial charge is 0.490 e. The summed E-state index contributed by atoms with van der Waals surface area (Å²) < 4.78 is 11.5. The van der Waals surface area contributed by atoms with Gasteiger partial charge in [0.1, 0.15) is 5.75 Å².